The van der Waals surface area contributed by atoms with E-state index in [1.54, 1.807) is 0 Å². The molecule has 1 atom stereocenters. The number of aryl methyl sites for hydroxylation is 2. The highest BCUT2D eigenvalue weighted by molar-refractivity contribution is 5.30. The normalized spacial score (nSPS) is 12.2. The maximum atomic E-state index is 6.10. The van der Waals surface area contributed by atoms with Crippen molar-refractivity contribution >= 4 is 0 Å². The number of nitrogens with two attached hydrogens (primary N) is 1. The van der Waals surface area contributed by atoms with Gasteiger partial charge in [-0.1, -0.05) is 42.0 Å². The summed E-state index contributed by atoms with van der Waals surface area (Å²) in [6.07, 6.45) is 0.837. The molecule has 2 heteroatoms. The van der Waals surface area contributed by atoms with Crippen molar-refractivity contribution in [2.45, 2.75) is 26.4 Å². The number of rotatable bonds is 5. The monoisotopic (exact) mass is 255 g/mol. The molecule has 0 spiro atoms. The molecule has 0 radical (unpaired) electrons. The van der Waals surface area contributed by atoms with Gasteiger partial charge in [0.15, 0.2) is 0 Å². The summed E-state index contributed by atoms with van der Waals surface area (Å²) in [4.78, 5) is 0. The maximum absolute atomic E-state index is 6.10. The van der Waals surface area contributed by atoms with Crippen LogP contribution in [0.3, 0.4) is 0 Å². The summed E-state index contributed by atoms with van der Waals surface area (Å²) < 4.78 is 6.10. The fourth-order valence-electron chi connectivity index (χ4n) is 2.17. The van der Waals surface area contributed by atoms with Crippen molar-refractivity contribution in [2.75, 3.05) is 6.54 Å². The molecule has 2 nitrogen and oxygen atoms in total. The van der Waals surface area contributed by atoms with Crippen molar-refractivity contribution in [3.05, 3.63) is 65.2 Å². The zero-order chi connectivity index (χ0) is 13.7. The largest absolute Gasteiger partial charge is 0.486 e. The Kier molecular flexibility index (Phi) is 4.58. The van der Waals surface area contributed by atoms with Crippen LogP contribution in [0.25, 0.3) is 0 Å². The van der Waals surface area contributed by atoms with Gasteiger partial charge in [0.25, 0.3) is 0 Å². The Labute approximate surface area is 115 Å². The van der Waals surface area contributed by atoms with Crippen molar-refractivity contribution in [3.8, 4) is 5.75 Å². The van der Waals surface area contributed by atoms with Crippen LogP contribution in [0.2, 0.25) is 0 Å². The Morgan fingerprint density at radius 1 is 1.00 bits per heavy atom. The smallest absolute Gasteiger partial charge is 0.125 e. The molecule has 0 saturated heterocycles. The number of benzene rings is 2. The van der Waals surface area contributed by atoms with E-state index in [1.807, 2.05) is 12.1 Å². The van der Waals surface area contributed by atoms with Gasteiger partial charge in [0.05, 0.1) is 0 Å². The first-order valence-electron chi connectivity index (χ1n) is 6.69. The van der Waals surface area contributed by atoms with E-state index in [2.05, 4.69) is 50.2 Å². The Morgan fingerprint density at radius 3 is 2.32 bits per heavy atom. The highest BCUT2D eigenvalue weighted by Gasteiger charge is 2.12. The average molecular weight is 255 g/mol. The average Bonchev–Trinajstić information content (AvgIpc) is 2.38. The van der Waals surface area contributed by atoms with E-state index in [0.717, 1.165) is 12.2 Å². The second-order valence-corrected chi connectivity index (χ2v) is 4.91. The Hall–Kier alpha value is -1.80. The molecule has 100 valence electrons. The molecule has 2 N–H and O–H groups in total. The van der Waals surface area contributed by atoms with Crippen molar-refractivity contribution in [3.63, 3.8) is 0 Å². The molecular formula is C17H21NO. The van der Waals surface area contributed by atoms with E-state index in [4.69, 9.17) is 10.5 Å². The van der Waals surface area contributed by atoms with Crippen LogP contribution in [0.15, 0.2) is 48.5 Å². The van der Waals surface area contributed by atoms with Gasteiger partial charge in [-0.25, -0.2) is 0 Å². The Balaban J connectivity index is 2.21. The molecule has 0 aliphatic heterocycles. The first-order valence-corrected chi connectivity index (χ1v) is 6.69. The summed E-state index contributed by atoms with van der Waals surface area (Å²) in [6.45, 7) is 4.78. The van der Waals surface area contributed by atoms with Crippen LogP contribution in [0.4, 0.5) is 0 Å². The minimum Gasteiger partial charge on any atom is -0.486 e. The van der Waals surface area contributed by atoms with Gasteiger partial charge in [0, 0.05) is 6.42 Å². The summed E-state index contributed by atoms with van der Waals surface area (Å²) >= 11 is 0. The second-order valence-electron chi connectivity index (χ2n) is 4.91. The Morgan fingerprint density at radius 2 is 1.68 bits per heavy atom. The van der Waals surface area contributed by atoms with Crippen LogP contribution in [0.1, 0.15) is 29.2 Å². The summed E-state index contributed by atoms with van der Waals surface area (Å²) in [5, 5.41) is 0. The molecule has 1 unspecified atom stereocenters. The molecule has 0 heterocycles. The summed E-state index contributed by atoms with van der Waals surface area (Å²) in [6, 6.07) is 16.5. The molecule has 0 aromatic heterocycles. The minimum absolute atomic E-state index is 0.0201. The highest BCUT2D eigenvalue weighted by Crippen LogP contribution is 2.25. The predicted molar refractivity (Wildman–Crippen MR) is 79.4 cm³/mol. The standard InChI is InChI=1S/C17H21NO/c1-13-5-3-7-15(11-13)17(9-10-18)19-16-8-4-6-14(2)12-16/h3-8,11-12,17H,9-10,18H2,1-2H3. The molecule has 0 aliphatic rings. The van der Waals surface area contributed by atoms with E-state index in [1.165, 1.54) is 16.7 Å². The van der Waals surface area contributed by atoms with Crippen LogP contribution in [0.5, 0.6) is 5.75 Å². The van der Waals surface area contributed by atoms with Gasteiger partial charge in [-0.05, 0) is 43.7 Å². The van der Waals surface area contributed by atoms with Gasteiger partial charge in [0.2, 0.25) is 0 Å². The van der Waals surface area contributed by atoms with Crippen molar-refractivity contribution in [1.29, 1.82) is 0 Å². The van der Waals surface area contributed by atoms with Gasteiger partial charge in [-0.3, -0.25) is 0 Å². The third kappa shape index (κ3) is 3.83. The van der Waals surface area contributed by atoms with E-state index in [0.29, 0.717) is 6.54 Å². The lowest BCUT2D eigenvalue weighted by molar-refractivity contribution is 0.197. The van der Waals surface area contributed by atoms with Gasteiger partial charge in [-0.15, -0.1) is 0 Å². The lowest BCUT2D eigenvalue weighted by atomic mass is 10.0. The first kappa shape index (κ1) is 13.6. The molecule has 0 aliphatic carbocycles. The molecule has 2 aromatic carbocycles. The molecule has 2 aromatic rings. The van der Waals surface area contributed by atoms with Gasteiger partial charge < -0.3 is 10.5 Å². The van der Waals surface area contributed by atoms with E-state index >= 15 is 0 Å². The molecular weight excluding hydrogens is 234 g/mol. The molecule has 19 heavy (non-hydrogen) atoms. The van der Waals surface area contributed by atoms with Crippen molar-refractivity contribution in [1.82, 2.24) is 0 Å². The fraction of sp³-hybridized carbons (Fsp3) is 0.294. The topological polar surface area (TPSA) is 35.2 Å². The van der Waals surface area contributed by atoms with Gasteiger partial charge in [-0.2, -0.15) is 0 Å². The summed E-state index contributed by atoms with van der Waals surface area (Å²) in [5.41, 5.74) is 9.34. The number of ether oxygens (including phenoxy) is 1. The molecule has 0 saturated carbocycles. The van der Waals surface area contributed by atoms with Crippen LogP contribution >= 0.6 is 0 Å². The highest BCUT2D eigenvalue weighted by atomic mass is 16.5. The van der Waals surface area contributed by atoms with Crippen LogP contribution in [0, 0.1) is 13.8 Å². The van der Waals surface area contributed by atoms with Crippen LogP contribution < -0.4 is 10.5 Å². The van der Waals surface area contributed by atoms with Crippen molar-refractivity contribution in [2.24, 2.45) is 5.73 Å². The van der Waals surface area contributed by atoms with Crippen molar-refractivity contribution < 1.29 is 4.74 Å². The van der Waals surface area contributed by atoms with Gasteiger partial charge >= 0.3 is 0 Å². The van der Waals surface area contributed by atoms with E-state index < -0.39 is 0 Å². The van der Waals surface area contributed by atoms with E-state index in [-0.39, 0.29) is 6.10 Å². The predicted octanol–water partition coefficient (Wildman–Crippen LogP) is 3.77. The van der Waals surface area contributed by atoms with E-state index in [9.17, 15) is 0 Å². The molecule has 2 rings (SSSR count). The summed E-state index contributed by atoms with van der Waals surface area (Å²) in [5.74, 6) is 0.903. The molecule has 0 amide bonds. The summed E-state index contributed by atoms with van der Waals surface area (Å²) in [7, 11) is 0. The minimum atomic E-state index is 0.0201. The SMILES string of the molecule is Cc1cccc(OC(CCN)c2cccc(C)c2)c1. The third-order valence-electron chi connectivity index (χ3n) is 3.11. The number of hydrogen-bond donors (Lipinski definition) is 1. The first-order chi connectivity index (χ1) is 9.19. The zero-order valence-electron chi connectivity index (χ0n) is 11.6. The maximum Gasteiger partial charge on any atom is 0.125 e. The third-order valence-corrected chi connectivity index (χ3v) is 3.11. The Bertz CT molecular complexity index is 536. The lowest BCUT2D eigenvalue weighted by Gasteiger charge is -2.19. The van der Waals surface area contributed by atoms with Crippen LogP contribution in [-0.4, -0.2) is 6.54 Å². The zero-order valence-corrected chi connectivity index (χ0v) is 11.6. The molecule has 0 fully saturated rings. The number of hydrogen-bond acceptors (Lipinski definition) is 2. The second kappa shape index (κ2) is 6.39. The fourth-order valence-corrected chi connectivity index (χ4v) is 2.17. The quantitative estimate of drug-likeness (QED) is 0.882. The van der Waals surface area contributed by atoms with Crippen LogP contribution in [-0.2, 0) is 0 Å². The molecule has 0 bridgehead atoms. The van der Waals surface area contributed by atoms with Gasteiger partial charge in [0.1, 0.15) is 11.9 Å². The lowest BCUT2D eigenvalue weighted by Crippen LogP contribution is -2.13.